The third kappa shape index (κ3) is 3.22. The summed E-state index contributed by atoms with van der Waals surface area (Å²) in [6, 6.07) is 33.2. The second kappa shape index (κ2) is 7.77. The molecule has 0 spiro atoms. The lowest BCUT2D eigenvalue weighted by Crippen LogP contribution is -2.30. The van der Waals surface area contributed by atoms with Crippen LogP contribution in [0.2, 0.25) is 0 Å². The average Bonchev–Trinajstić information content (AvgIpc) is 3.11. The Morgan fingerprint density at radius 1 is 0.719 bits per heavy atom. The van der Waals surface area contributed by atoms with Gasteiger partial charge in [0.05, 0.1) is 10.3 Å². The summed E-state index contributed by atoms with van der Waals surface area (Å²) in [6.45, 7) is 1.92. The molecule has 32 heavy (non-hydrogen) atoms. The van der Waals surface area contributed by atoms with Gasteiger partial charge in [-0.25, -0.2) is 4.83 Å². The van der Waals surface area contributed by atoms with E-state index in [1.54, 1.807) is 30.5 Å². The summed E-state index contributed by atoms with van der Waals surface area (Å²) in [7, 11) is -3.78. The van der Waals surface area contributed by atoms with Gasteiger partial charge in [0.15, 0.2) is 0 Å². The van der Waals surface area contributed by atoms with E-state index in [1.165, 1.54) is 0 Å². The number of benzene rings is 4. The second-order valence-electron chi connectivity index (χ2n) is 7.93. The molecule has 4 aromatic rings. The Kier molecular flexibility index (Phi) is 4.91. The third-order valence-corrected chi connectivity index (χ3v) is 7.22. The lowest BCUT2D eigenvalue weighted by Gasteiger charge is -2.28. The van der Waals surface area contributed by atoms with Crippen LogP contribution in [0.3, 0.4) is 0 Å². The maximum atomic E-state index is 12.8. The fourth-order valence-corrected chi connectivity index (χ4v) is 5.25. The van der Waals surface area contributed by atoms with Crippen molar-refractivity contribution in [3.05, 3.63) is 125 Å². The number of nitrogens with one attached hydrogen (secondary N) is 1. The molecule has 1 aliphatic rings. The Morgan fingerprint density at radius 3 is 1.84 bits per heavy atom. The number of sulfonamides is 1. The molecule has 0 aliphatic heterocycles. The smallest absolute Gasteiger partial charge is 0.200 e. The minimum Gasteiger partial charge on any atom is -0.200 e. The van der Waals surface area contributed by atoms with Crippen molar-refractivity contribution in [1.82, 2.24) is 4.83 Å². The van der Waals surface area contributed by atoms with Gasteiger partial charge in [0, 0.05) is 6.21 Å². The number of aryl methyl sites for hydroxylation is 1. The monoisotopic (exact) mass is 438 g/mol. The van der Waals surface area contributed by atoms with Gasteiger partial charge in [0.2, 0.25) is 0 Å². The van der Waals surface area contributed by atoms with Crippen molar-refractivity contribution in [2.75, 3.05) is 0 Å². The van der Waals surface area contributed by atoms with E-state index in [0.717, 1.165) is 33.4 Å². The summed E-state index contributed by atoms with van der Waals surface area (Å²) in [6.07, 6.45) is 1.72. The predicted molar refractivity (Wildman–Crippen MR) is 128 cm³/mol. The fraction of sp³-hybridized carbons (Fsp3) is 0.0741. The van der Waals surface area contributed by atoms with Crippen molar-refractivity contribution in [3.63, 3.8) is 0 Å². The normalized spacial score (nSPS) is 14.2. The van der Waals surface area contributed by atoms with Crippen LogP contribution in [0.25, 0.3) is 11.1 Å². The van der Waals surface area contributed by atoms with Crippen LogP contribution in [0.5, 0.6) is 0 Å². The highest BCUT2D eigenvalue weighted by molar-refractivity contribution is 7.89. The van der Waals surface area contributed by atoms with Crippen LogP contribution in [0, 0.1) is 6.92 Å². The molecule has 1 N–H and O–H groups in total. The Morgan fingerprint density at radius 2 is 1.25 bits per heavy atom. The summed E-state index contributed by atoms with van der Waals surface area (Å²) < 4.78 is 25.6. The number of rotatable bonds is 5. The molecule has 158 valence electrons. The Balaban J connectivity index is 1.65. The minimum atomic E-state index is -3.78. The molecule has 0 unspecified atom stereocenters. The van der Waals surface area contributed by atoms with Crippen molar-refractivity contribution in [2.24, 2.45) is 5.10 Å². The van der Waals surface area contributed by atoms with Crippen LogP contribution < -0.4 is 4.83 Å². The fourth-order valence-electron chi connectivity index (χ4n) is 4.46. The van der Waals surface area contributed by atoms with Crippen molar-refractivity contribution in [3.8, 4) is 11.1 Å². The lowest BCUT2D eigenvalue weighted by molar-refractivity contribution is 0.584. The molecule has 0 bridgehead atoms. The van der Waals surface area contributed by atoms with E-state index >= 15 is 0 Å². The summed E-state index contributed by atoms with van der Waals surface area (Å²) in [5.41, 5.74) is 5.71. The number of hydrogen-bond acceptors (Lipinski definition) is 3. The van der Waals surface area contributed by atoms with Crippen molar-refractivity contribution in [2.45, 2.75) is 17.2 Å². The summed E-state index contributed by atoms with van der Waals surface area (Å²) in [4.78, 5) is 2.60. The van der Waals surface area contributed by atoms with Gasteiger partial charge in [-0.3, -0.25) is 0 Å². The molecule has 4 aromatic carbocycles. The third-order valence-electron chi connectivity index (χ3n) is 5.99. The van der Waals surface area contributed by atoms with Crippen LogP contribution in [-0.4, -0.2) is 14.6 Å². The Bertz CT molecular complexity index is 1360. The molecule has 5 rings (SSSR count). The molecule has 0 heterocycles. The van der Waals surface area contributed by atoms with E-state index in [1.807, 2.05) is 49.4 Å². The van der Waals surface area contributed by atoms with Gasteiger partial charge in [-0.2, -0.15) is 13.5 Å². The first kappa shape index (κ1) is 20.2. The van der Waals surface area contributed by atoms with Crippen molar-refractivity contribution < 1.29 is 8.42 Å². The van der Waals surface area contributed by atoms with Crippen LogP contribution in [-0.2, 0) is 15.4 Å². The molecule has 0 aromatic heterocycles. The van der Waals surface area contributed by atoms with E-state index in [-0.39, 0.29) is 4.90 Å². The zero-order valence-corrected chi connectivity index (χ0v) is 18.4. The largest absolute Gasteiger partial charge is 0.276 e. The highest BCUT2D eigenvalue weighted by Crippen LogP contribution is 2.51. The van der Waals surface area contributed by atoms with E-state index in [4.69, 9.17) is 0 Å². The van der Waals surface area contributed by atoms with E-state index in [0.29, 0.717) is 0 Å². The van der Waals surface area contributed by atoms with Crippen LogP contribution >= 0.6 is 0 Å². The zero-order chi connectivity index (χ0) is 22.2. The first-order valence-electron chi connectivity index (χ1n) is 10.4. The second-order valence-corrected chi connectivity index (χ2v) is 9.59. The van der Waals surface area contributed by atoms with Gasteiger partial charge >= 0.3 is 0 Å². The van der Waals surface area contributed by atoms with E-state index in [2.05, 4.69) is 46.3 Å². The van der Waals surface area contributed by atoms with Gasteiger partial charge < -0.3 is 0 Å². The predicted octanol–water partition coefficient (Wildman–Crippen LogP) is 5.27. The highest BCUT2D eigenvalue weighted by atomic mass is 32.2. The molecule has 0 radical (unpaired) electrons. The molecule has 0 saturated carbocycles. The zero-order valence-electron chi connectivity index (χ0n) is 17.6. The average molecular weight is 439 g/mol. The molecule has 4 nitrogen and oxygen atoms in total. The molecule has 1 aliphatic carbocycles. The van der Waals surface area contributed by atoms with Crippen LogP contribution in [0.4, 0.5) is 0 Å². The number of hydrazone groups is 1. The van der Waals surface area contributed by atoms with Gasteiger partial charge in [0.1, 0.15) is 0 Å². The van der Waals surface area contributed by atoms with Crippen LogP contribution in [0.15, 0.2) is 113 Å². The first-order valence-corrected chi connectivity index (χ1v) is 11.9. The SMILES string of the molecule is Cc1ccc(S(=O)(=O)N/N=C\C2(c3ccccc3)c3ccccc3-c3ccccc32)cc1. The summed E-state index contributed by atoms with van der Waals surface area (Å²) >= 11 is 0. The highest BCUT2D eigenvalue weighted by Gasteiger charge is 2.43. The molecule has 0 fully saturated rings. The summed E-state index contributed by atoms with van der Waals surface area (Å²) in [5.74, 6) is 0. The van der Waals surface area contributed by atoms with Crippen molar-refractivity contribution >= 4 is 16.2 Å². The van der Waals surface area contributed by atoms with Gasteiger partial charge in [0.25, 0.3) is 10.0 Å². The van der Waals surface area contributed by atoms with Crippen LogP contribution in [0.1, 0.15) is 22.3 Å². The summed E-state index contributed by atoms with van der Waals surface area (Å²) in [5, 5.41) is 4.31. The quantitative estimate of drug-likeness (QED) is 0.341. The molecule has 0 atom stereocenters. The number of hydrogen-bond donors (Lipinski definition) is 1. The topological polar surface area (TPSA) is 58.5 Å². The molecule has 0 saturated heterocycles. The minimum absolute atomic E-state index is 0.182. The van der Waals surface area contributed by atoms with Gasteiger partial charge in [-0.1, -0.05) is 96.6 Å². The van der Waals surface area contributed by atoms with E-state index in [9.17, 15) is 8.42 Å². The Hall–Kier alpha value is -3.70. The van der Waals surface area contributed by atoms with Gasteiger partial charge in [-0.15, -0.1) is 0 Å². The van der Waals surface area contributed by atoms with Crippen molar-refractivity contribution in [1.29, 1.82) is 0 Å². The maximum absolute atomic E-state index is 12.8. The molecule has 5 heteroatoms. The Labute approximate surface area is 188 Å². The van der Waals surface area contributed by atoms with Gasteiger partial charge in [-0.05, 0) is 46.9 Å². The molecule has 0 amide bonds. The molecular weight excluding hydrogens is 416 g/mol. The molecular formula is C27H22N2O2S. The standard InChI is InChI=1S/C27H22N2O2S/c1-20-15-17-22(18-16-20)32(30,31)29-28-19-27(21-9-3-2-4-10-21)25-13-7-5-11-23(25)24-12-6-8-14-26(24)27/h2-19,29H,1H3/b28-19-. The first-order chi connectivity index (χ1) is 15.5. The van der Waals surface area contributed by atoms with E-state index < -0.39 is 15.4 Å². The lowest BCUT2D eigenvalue weighted by atomic mass is 9.73. The number of fused-ring (bicyclic) bond motifs is 3. The number of nitrogens with zero attached hydrogens (tertiary/aromatic N) is 1. The maximum Gasteiger partial charge on any atom is 0.276 e.